The van der Waals surface area contributed by atoms with E-state index in [9.17, 15) is 14.7 Å². The van der Waals surface area contributed by atoms with Crippen molar-refractivity contribution in [2.24, 2.45) is 11.8 Å². The Kier molecular flexibility index (Phi) is 4.88. The highest BCUT2D eigenvalue weighted by molar-refractivity contribution is 8.14. The Bertz CT molecular complexity index is 324. The molecule has 3 N–H and O–H groups in total. The lowest BCUT2D eigenvalue weighted by atomic mass is 9.79. The molecule has 2 amide bonds. The molecule has 6 heteroatoms. The molecule has 0 aromatic heterocycles. The minimum atomic E-state index is -0.390. The van der Waals surface area contributed by atoms with Gasteiger partial charge in [-0.2, -0.15) is 0 Å². The highest BCUT2D eigenvalue weighted by Crippen LogP contribution is 2.29. The maximum absolute atomic E-state index is 11.8. The molecular weight excluding hydrogens is 252 g/mol. The molecule has 2 rings (SSSR count). The van der Waals surface area contributed by atoms with Gasteiger partial charge in [0.25, 0.3) is 5.24 Å². The molecule has 0 aromatic carbocycles. The van der Waals surface area contributed by atoms with Crippen LogP contribution in [0.2, 0.25) is 0 Å². The first-order valence-corrected chi connectivity index (χ1v) is 7.51. The molecule has 3 unspecified atom stereocenters. The largest absolute Gasteiger partial charge is 0.396 e. The van der Waals surface area contributed by atoms with Crippen LogP contribution in [-0.4, -0.2) is 41.2 Å². The SMILES string of the molecule is O=C1NC(C(=O)NCC2CCCCC2CO)CS1. The molecule has 1 aliphatic heterocycles. The van der Waals surface area contributed by atoms with Crippen molar-refractivity contribution in [1.29, 1.82) is 0 Å². The second-order valence-electron chi connectivity index (χ2n) is 5.03. The number of hydrogen-bond donors (Lipinski definition) is 3. The van der Waals surface area contributed by atoms with Gasteiger partial charge in [0.1, 0.15) is 6.04 Å². The van der Waals surface area contributed by atoms with Crippen LogP contribution in [0, 0.1) is 11.8 Å². The van der Waals surface area contributed by atoms with Gasteiger partial charge in [0, 0.05) is 18.9 Å². The van der Waals surface area contributed by atoms with Crippen molar-refractivity contribution in [3.05, 3.63) is 0 Å². The van der Waals surface area contributed by atoms with Crippen molar-refractivity contribution in [2.45, 2.75) is 31.7 Å². The zero-order valence-corrected chi connectivity index (χ0v) is 11.2. The van der Waals surface area contributed by atoms with E-state index in [0.29, 0.717) is 24.1 Å². The van der Waals surface area contributed by atoms with Gasteiger partial charge >= 0.3 is 0 Å². The van der Waals surface area contributed by atoms with E-state index >= 15 is 0 Å². The number of hydrogen-bond acceptors (Lipinski definition) is 4. The summed E-state index contributed by atoms with van der Waals surface area (Å²) in [5.74, 6) is 1.10. The van der Waals surface area contributed by atoms with Crippen LogP contribution < -0.4 is 10.6 Å². The molecule has 1 saturated carbocycles. The van der Waals surface area contributed by atoms with Gasteiger partial charge in [-0.1, -0.05) is 24.6 Å². The van der Waals surface area contributed by atoms with Crippen molar-refractivity contribution < 1.29 is 14.7 Å². The third-order valence-corrected chi connectivity index (χ3v) is 4.71. The first kappa shape index (κ1) is 13.7. The van der Waals surface area contributed by atoms with Crippen LogP contribution in [0.4, 0.5) is 4.79 Å². The maximum Gasteiger partial charge on any atom is 0.279 e. The van der Waals surface area contributed by atoms with Crippen LogP contribution in [0.3, 0.4) is 0 Å². The highest BCUT2D eigenvalue weighted by atomic mass is 32.2. The van der Waals surface area contributed by atoms with Gasteiger partial charge in [-0.25, -0.2) is 0 Å². The van der Waals surface area contributed by atoms with Crippen LogP contribution in [0.1, 0.15) is 25.7 Å². The molecule has 0 bridgehead atoms. The minimum Gasteiger partial charge on any atom is -0.396 e. The fraction of sp³-hybridized carbons (Fsp3) is 0.833. The molecule has 1 saturated heterocycles. The lowest BCUT2D eigenvalue weighted by Crippen LogP contribution is -2.45. The summed E-state index contributed by atoms with van der Waals surface area (Å²) in [5.41, 5.74) is 0. The summed E-state index contributed by atoms with van der Waals surface area (Å²) >= 11 is 1.15. The fourth-order valence-corrected chi connectivity index (χ4v) is 3.45. The molecule has 2 aliphatic rings. The lowest BCUT2D eigenvalue weighted by molar-refractivity contribution is -0.122. The molecule has 5 nitrogen and oxygen atoms in total. The second-order valence-corrected chi connectivity index (χ2v) is 6.02. The summed E-state index contributed by atoms with van der Waals surface area (Å²) in [6.45, 7) is 0.817. The molecule has 0 spiro atoms. The normalized spacial score (nSPS) is 32.1. The van der Waals surface area contributed by atoms with E-state index in [2.05, 4.69) is 10.6 Å². The third-order valence-electron chi connectivity index (χ3n) is 3.83. The topological polar surface area (TPSA) is 78.4 Å². The van der Waals surface area contributed by atoms with E-state index in [1.54, 1.807) is 0 Å². The fourth-order valence-electron chi connectivity index (χ4n) is 2.67. The van der Waals surface area contributed by atoms with E-state index in [1.807, 2.05) is 0 Å². The molecule has 1 heterocycles. The van der Waals surface area contributed by atoms with E-state index in [4.69, 9.17) is 0 Å². The van der Waals surface area contributed by atoms with Gasteiger partial charge in [-0.05, 0) is 24.7 Å². The second kappa shape index (κ2) is 6.43. The monoisotopic (exact) mass is 272 g/mol. The summed E-state index contributed by atoms with van der Waals surface area (Å²) in [5, 5.41) is 14.7. The molecule has 3 atom stereocenters. The number of carbonyl (C=O) groups is 2. The summed E-state index contributed by atoms with van der Waals surface area (Å²) in [6, 6.07) is -0.390. The smallest absolute Gasteiger partial charge is 0.279 e. The predicted molar refractivity (Wildman–Crippen MR) is 70.3 cm³/mol. The Morgan fingerprint density at radius 3 is 2.72 bits per heavy atom. The number of rotatable bonds is 4. The molecule has 0 aromatic rings. The van der Waals surface area contributed by atoms with Gasteiger partial charge in [0.15, 0.2) is 0 Å². The van der Waals surface area contributed by atoms with Gasteiger partial charge in [0.2, 0.25) is 5.91 Å². The molecule has 102 valence electrons. The van der Waals surface area contributed by atoms with Crippen LogP contribution in [0.15, 0.2) is 0 Å². The van der Waals surface area contributed by atoms with Crippen LogP contribution in [0.25, 0.3) is 0 Å². The van der Waals surface area contributed by atoms with Crippen molar-refractivity contribution in [1.82, 2.24) is 10.6 Å². The van der Waals surface area contributed by atoms with E-state index in [0.717, 1.165) is 24.6 Å². The van der Waals surface area contributed by atoms with Crippen LogP contribution >= 0.6 is 11.8 Å². The molecule has 0 radical (unpaired) electrons. The minimum absolute atomic E-state index is 0.101. The summed E-state index contributed by atoms with van der Waals surface area (Å²) in [6.07, 6.45) is 4.46. The van der Waals surface area contributed by atoms with Gasteiger partial charge in [-0.15, -0.1) is 0 Å². The first-order chi connectivity index (χ1) is 8.70. The number of carbonyl (C=O) groups excluding carboxylic acids is 2. The van der Waals surface area contributed by atoms with Crippen molar-refractivity contribution in [3.63, 3.8) is 0 Å². The Morgan fingerprint density at radius 1 is 1.39 bits per heavy atom. The summed E-state index contributed by atoms with van der Waals surface area (Å²) < 4.78 is 0. The summed E-state index contributed by atoms with van der Waals surface area (Å²) in [4.78, 5) is 22.8. The molecule has 1 aliphatic carbocycles. The number of aliphatic hydroxyl groups excluding tert-OH is 1. The molecular formula is C12H20N2O3S. The Balaban J connectivity index is 1.76. The van der Waals surface area contributed by atoms with E-state index in [-0.39, 0.29) is 17.8 Å². The van der Waals surface area contributed by atoms with E-state index < -0.39 is 6.04 Å². The number of aliphatic hydroxyl groups is 1. The van der Waals surface area contributed by atoms with Gasteiger partial charge in [-0.3, -0.25) is 9.59 Å². The third kappa shape index (κ3) is 3.38. The Morgan fingerprint density at radius 2 is 2.11 bits per heavy atom. The van der Waals surface area contributed by atoms with E-state index in [1.165, 1.54) is 12.8 Å². The lowest BCUT2D eigenvalue weighted by Gasteiger charge is -2.30. The standard InChI is InChI=1S/C12H20N2O3S/c15-6-9-4-2-1-3-8(9)5-13-11(16)10-7-18-12(17)14-10/h8-10,15H,1-7H2,(H,13,16)(H,14,17). The molecule has 18 heavy (non-hydrogen) atoms. The molecule has 2 fully saturated rings. The average molecular weight is 272 g/mol. The quantitative estimate of drug-likeness (QED) is 0.705. The van der Waals surface area contributed by atoms with Gasteiger partial charge < -0.3 is 15.7 Å². The number of nitrogens with one attached hydrogen (secondary N) is 2. The summed E-state index contributed by atoms with van der Waals surface area (Å²) in [7, 11) is 0. The predicted octanol–water partition coefficient (Wildman–Crippen LogP) is 0.726. The van der Waals surface area contributed by atoms with Crippen LogP contribution in [-0.2, 0) is 4.79 Å². The van der Waals surface area contributed by atoms with Crippen LogP contribution in [0.5, 0.6) is 0 Å². The Hall–Kier alpha value is -0.750. The van der Waals surface area contributed by atoms with Gasteiger partial charge in [0.05, 0.1) is 0 Å². The zero-order chi connectivity index (χ0) is 13.0. The Labute approximate surface area is 111 Å². The average Bonchev–Trinajstić information content (AvgIpc) is 2.83. The highest BCUT2D eigenvalue weighted by Gasteiger charge is 2.29. The van der Waals surface area contributed by atoms with Crippen molar-refractivity contribution in [2.75, 3.05) is 18.9 Å². The number of amides is 2. The first-order valence-electron chi connectivity index (χ1n) is 6.52. The van der Waals surface area contributed by atoms with Crippen molar-refractivity contribution >= 4 is 22.9 Å². The zero-order valence-electron chi connectivity index (χ0n) is 10.4. The van der Waals surface area contributed by atoms with Crippen molar-refractivity contribution in [3.8, 4) is 0 Å². The number of thioether (sulfide) groups is 1. The maximum atomic E-state index is 11.8.